The van der Waals surface area contributed by atoms with Crippen LogP contribution in [-0.4, -0.2) is 37.6 Å². The number of rotatable bonds is 9. The van der Waals surface area contributed by atoms with E-state index in [4.69, 9.17) is 8.92 Å². The third-order valence-electron chi connectivity index (χ3n) is 4.26. The summed E-state index contributed by atoms with van der Waals surface area (Å²) in [6.45, 7) is 11.3. The summed E-state index contributed by atoms with van der Waals surface area (Å²) in [7, 11) is -2.28. The highest BCUT2D eigenvalue weighted by Crippen LogP contribution is 2.31. The Hall–Kier alpha value is -1.76. The van der Waals surface area contributed by atoms with Crippen LogP contribution in [0.25, 0.3) is 0 Å². The number of carbonyl (C=O) groups excluding carboxylic acids is 1. The van der Waals surface area contributed by atoms with Gasteiger partial charge in [0, 0.05) is 18.5 Å². The molecule has 0 heterocycles. The SMILES string of the molecule is CC[C@@H](C)N(Cc1ccc(OC)c(OS(=O)(=O)C(C)C)c1)C(=O)C(C)C. The Morgan fingerprint density at radius 3 is 2.19 bits per heavy atom. The van der Waals surface area contributed by atoms with E-state index in [0.717, 1.165) is 12.0 Å². The number of methoxy groups -OCH3 is 1. The second-order valence-corrected chi connectivity index (χ2v) is 9.08. The lowest BCUT2D eigenvalue weighted by Crippen LogP contribution is -2.40. The van der Waals surface area contributed by atoms with Crippen molar-refractivity contribution >= 4 is 16.0 Å². The maximum atomic E-state index is 12.5. The molecule has 148 valence electrons. The predicted molar refractivity (Wildman–Crippen MR) is 103 cm³/mol. The molecule has 0 aromatic heterocycles. The Morgan fingerprint density at radius 1 is 1.12 bits per heavy atom. The summed E-state index contributed by atoms with van der Waals surface area (Å²) in [5.74, 6) is 0.426. The standard InChI is InChI=1S/C19H31NO5S/c1-8-15(6)20(19(21)13(2)3)12-16-9-10-17(24-7)18(11-16)25-26(22,23)14(4)5/h9-11,13-15H,8,12H2,1-7H3/t15-/m1/s1. The zero-order valence-electron chi connectivity index (χ0n) is 16.8. The van der Waals surface area contributed by atoms with Crippen LogP contribution in [0.3, 0.4) is 0 Å². The zero-order valence-corrected chi connectivity index (χ0v) is 17.6. The van der Waals surface area contributed by atoms with E-state index in [1.165, 1.54) is 7.11 Å². The van der Waals surface area contributed by atoms with Crippen LogP contribution in [-0.2, 0) is 21.5 Å². The van der Waals surface area contributed by atoms with Crippen LogP contribution in [0.15, 0.2) is 18.2 Å². The molecule has 1 aromatic rings. The van der Waals surface area contributed by atoms with Gasteiger partial charge in [0.1, 0.15) is 0 Å². The monoisotopic (exact) mass is 385 g/mol. The van der Waals surface area contributed by atoms with Crippen LogP contribution < -0.4 is 8.92 Å². The van der Waals surface area contributed by atoms with Crippen LogP contribution >= 0.6 is 0 Å². The Bertz CT molecular complexity index is 713. The van der Waals surface area contributed by atoms with Crippen LogP contribution in [0.2, 0.25) is 0 Å². The largest absolute Gasteiger partial charge is 0.493 e. The summed E-state index contributed by atoms with van der Waals surface area (Å²) >= 11 is 0. The number of nitrogens with zero attached hydrogens (tertiary/aromatic N) is 1. The fourth-order valence-electron chi connectivity index (χ4n) is 2.31. The second kappa shape index (κ2) is 9.26. The molecular weight excluding hydrogens is 354 g/mol. The van der Waals surface area contributed by atoms with Crippen molar-refractivity contribution in [3.63, 3.8) is 0 Å². The van der Waals surface area contributed by atoms with Gasteiger partial charge in [0.05, 0.1) is 12.4 Å². The molecule has 0 unspecified atom stereocenters. The molecule has 0 aliphatic carbocycles. The van der Waals surface area contributed by atoms with E-state index in [-0.39, 0.29) is 23.6 Å². The summed E-state index contributed by atoms with van der Waals surface area (Å²) in [5.41, 5.74) is 0.786. The highest BCUT2D eigenvalue weighted by Gasteiger charge is 2.24. The van der Waals surface area contributed by atoms with E-state index in [0.29, 0.717) is 12.3 Å². The number of ether oxygens (including phenoxy) is 1. The molecule has 6 nitrogen and oxygen atoms in total. The van der Waals surface area contributed by atoms with Gasteiger partial charge in [-0.2, -0.15) is 8.42 Å². The lowest BCUT2D eigenvalue weighted by molar-refractivity contribution is -0.137. The van der Waals surface area contributed by atoms with Gasteiger partial charge in [-0.25, -0.2) is 0 Å². The first-order chi connectivity index (χ1) is 12.0. The number of benzene rings is 1. The average molecular weight is 386 g/mol. The zero-order chi connectivity index (χ0) is 20.1. The van der Waals surface area contributed by atoms with E-state index in [9.17, 15) is 13.2 Å². The molecule has 26 heavy (non-hydrogen) atoms. The molecule has 0 aliphatic rings. The van der Waals surface area contributed by atoms with Crippen molar-refractivity contribution in [2.45, 2.75) is 65.8 Å². The first-order valence-electron chi connectivity index (χ1n) is 8.94. The van der Waals surface area contributed by atoms with E-state index in [1.54, 1.807) is 26.0 Å². The molecule has 0 saturated heterocycles. The van der Waals surface area contributed by atoms with Crippen molar-refractivity contribution in [2.75, 3.05) is 7.11 Å². The molecule has 1 amide bonds. The number of hydrogen-bond acceptors (Lipinski definition) is 5. The van der Waals surface area contributed by atoms with Crippen LogP contribution in [0.4, 0.5) is 0 Å². The van der Waals surface area contributed by atoms with Crippen molar-refractivity contribution in [1.82, 2.24) is 4.90 Å². The normalized spacial score (nSPS) is 13.0. The summed E-state index contributed by atoms with van der Waals surface area (Å²) in [6, 6.07) is 5.18. The van der Waals surface area contributed by atoms with Gasteiger partial charge in [-0.05, 0) is 44.9 Å². The van der Waals surface area contributed by atoms with Crippen molar-refractivity contribution in [1.29, 1.82) is 0 Å². The van der Waals surface area contributed by atoms with Gasteiger partial charge in [-0.15, -0.1) is 0 Å². The van der Waals surface area contributed by atoms with Crippen LogP contribution in [0.1, 0.15) is 53.5 Å². The molecule has 7 heteroatoms. The van der Waals surface area contributed by atoms with Gasteiger partial charge >= 0.3 is 10.1 Å². The molecule has 0 bridgehead atoms. The fourth-order valence-corrected chi connectivity index (χ4v) is 2.88. The lowest BCUT2D eigenvalue weighted by Gasteiger charge is -2.30. The molecule has 0 N–H and O–H groups in total. The molecule has 1 rings (SSSR count). The Labute approximate surface area is 157 Å². The summed E-state index contributed by atoms with van der Waals surface area (Å²) in [4.78, 5) is 14.4. The Morgan fingerprint density at radius 2 is 1.73 bits per heavy atom. The maximum Gasteiger partial charge on any atom is 0.311 e. The first kappa shape index (κ1) is 22.3. The minimum absolute atomic E-state index is 0.0624. The van der Waals surface area contributed by atoms with Gasteiger partial charge in [0.25, 0.3) is 0 Å². The van der Waals surface area contributed by atoms with Crippen molar-refractivity contribution in [2.24, 2.45) is 5.92 Å². The van der Waals surface area contributed by atoms with Crippen LogP contribution in [0.5, 0.6) is 11.5 Å². The van der Waals surface area contributed by atoms with Crippen molar-refractivity contribution in [3.05, 3.63) is 23.8 Å². The highest BCUT2D eigenvalue weighted by molar-refractivity contribution is 7.87. The lowest BCUT2D eigenvalue weighted by atomic mass is 10.1. The number of amides is 1. The Kier molecular flexibility index (Phi) is 7.93. The molecule has 0 aliphatic heterocycles. The van der Waals surface area contributed by atoms with E-state index >= 15 is 0 Å². The molecular formula is C19H31NO5S. The first-order valence-corrected chi connectivity index (χ1v) is 10.4. The fraction of sp³-hybridized carbons (Fsp3) is 0.632. The van der Waals surface area contributed by atoms with E-state index < -0.39 is 15.4 Å². The third-order valence-corrected chi connectivity index (χ3v) is 5.83. The minimum Gasteiger partial charge on any atom is -0.493 e. The number of hydrogen-bond donors (Lipinski definition) is 0. The molecule has 1 aromatic carbocycles. The predicted octanol–water partition coefficient (Wildman–Crippen LogP) is 3.60. The quantitative estimate of drug-likeness (QED) is 0.607. The molecule has 0 radical (unpaired) electrons. The van der Waals surface area contributed by atoms with Gasteiger partial charge in [-0.3, -0.25) is 4.79 Å². The van der Waals surface area contributed by atoms with Gasteiger partial charge < -0.3 is 13.8 Å². The summed E-state index contributed by atoms with van der Waals surface area (Å²) in [6.07, 6.45) is 0.833. The van der Waals surface area contributed by atoms with Crippen LogP contribution in [0, 0.1) is 5.92 Å². The third kappa shape index (κ3) is 5.62. The van der Waals surface area contributed by atoms with Gasteiger partial charge in [0.15, 0.2) is 11.5 Å². The molecule has 0 spiro atoms. The topological polar surface area (TPSA) is 72.9 Å². The highest BCUT2D eigenvalue weighted by atomic mass is 32.2. The van der Waals surface area contributed by atoms with E-state index in [1.807, 2.05) is 38.7 Å². The van der Waals surface area contributed by atoms with Crippen molar-refractivity contribution < 1.29 is 22.1 Å². The molecule has 1 atom stereocenters. The smallest absolute Gasteiger partial charge is 0.311 e. The van der Waals surface area contributed by atoms with Crippen molar-refractivity contribution in [3.8, 4) is 11.5 Å². The number of carbonyl (C=O) groups is 1. The maximum absolute atomic E-state index is 12.5. The average Bonchev–Trinajstić information content (AvgIpc) is 2.58. The van der Waals surface area contributed by atoms with Gasteiger partial charge in [-0.1, -0.05) is 26.8 Å². The summed E-state index contributed by atoms with van der Waals surface area (Å²) < 4.78 is 34.7. The molecule has 0 saturated carbocycles. The minimum atomic E-state index is -3.74. The summed E-state index contributed by atoms with van der Waals surface area (Å²) in [5, 5.41) is -0.671. The second-order valence-electron chi connectivity index (χ2n) is 6.99. The van der Waals surface area contributed by atoms with Gasteiger partial charge in [0.2, 0.25) is 5.91 Å². The Balaban J connectivity index is 3.20. The van der Waals surface area contributed by atoms with E-state index in [2.05, 4.69) is 0 Å². The molecule has 0 fully saturated rings.